The van der Waals surface area contributed by atoms with E-state index in [0.717, 1.165) is 5.56 Å². The van der Waals surface area contributed by atoms with Crippen molar-refractivity contribution in [3.05, 3.63) is 30.1 Å². The van der Waals surface area contributed by atoms with Gasteiger partial charge in [-0.25, -0.2) is 5.43 Å². The van der Waals surface area contributed by atoms with E-state index in [1.165, 1.54) is 6.21 Å². The van der Waals surface area contributed by atoms with Crippen molar-refractivity contribution in [3.63, 3.8) is 0 Å². The number of hydrazone groups is 1. The van der Waals surface area contributed by atoms with Gasteiger partial charge in [-0.1, -0.05) is 13.8 Å². The van der Waals surface area contributed by atoms with Crippen molar-refractivity contribution in [2.75, 3.05) is 6.54 Å². The third-order valence-corrected chi connectivity index (χ3v) is 2.14. The van der Waals surface area contributed by atoms with E-state index in [1.54, 1.807) is 24.5 Å². The molecule has 0 saturated carbocycles. The minimum atomic E-state index is -0.438. The van der Waals surface area contributed by atoms with Gasteiger partial charge in [0, 0.05) is 18.9 Å². The summed E-state index contributed by atoms with van der Waals surface area (Å²) in [4.78, 5) is 26.6. The third kappa shape index (κ3) is 6.92. The molecule has 2 N–H and O–H groups in total. The van der Waals surface area contributed by atoms with E-state index in [0.29, 0.717) is 12.5 Å². The predicted octanol–water partition coefficient (Wildman–Crippen LogP) is 0.694. The first kappa shape index (κ1) is 14.8. The van der Waals surface area contributed by atoms with Crippen LogP contribution in [0.3, 0.4) is 0 Å². The summed E-state index contributed by atoms with van der Waals surface area (Å²) >= 11 is 0. The van der Waals surface area contributed by atoms with Crippen LogP contribution in [0.15, 0.2) is 29.6 Å². The van der Waals surface area contributed by atoms with Crippen LogP contribution < -0.4 is 10.7 Å². The fourth-order valence-electron chi connectivity index (χ4n) is 1.19. The van der Waals surface area contributed by atoms with Gasteiger partial charge in [0.05, 0.1) is 6.21 Å². The van der Waals surface area contributed by atoms with E-state index < -0.39 is 5.91 Å². The molecule has 0 aliphatic heterocycles. The molecule has 1 heterocycles. The lowest BCUT2D eigenvalue weighted by molar-refractivity contribution is -0.129. The molecule has 1 aromatic rings. The second-order valence-electron chi connectivity index (χ2n) is 4.45. The standard InChI is InChI=1S/C13H18N4O2/c1-10(2)8-15-12(18)7-13(19)17-16-9-11-3-5-14-6-4-11/h3-6,9-10H,7-8H2,1-2H3,(H,15,18)(H,17,19)/b16-9-. The first-order valence-corrected chi connectivity index (χ1v) is 6.06. The van der Waals surface area contributed by atoms with Crippen molar-refractivity contribution >= 4 is 18.0 Å². The highest BCUT2D eigenvalue weighted by molar-refractivity contribution is 5.97. The van der Waals surface area contributed by atoms with E-state index in [1.807, 2.05) is 13.8 Å². The second kappa shape index (κ2) is 7.97. The van der Waals surface area contributed by atoms with E-state index >= 15 is 0 Å². The number of nitrogens with zero attached hydrogens (tertiary/aromatic N) is 2. The number of amides is 2. The Balaban J connectivity index is 2.28. The number of hydrogen-bond donors (Lipinski definition) is 2. The largest absolute Gasteiger partial charge is 0.355 e. The topological polar surface area (TPSA) is 83.5 Å². The fraction of sp³-hybridized carbons (Fsp3) is 0.385. The molecule has 6 heteroatoms. The molecule has 0 radical (unpaired) electrons. The highest BCUT2D eigenvalue weighted by atomic mass is 16.2. The van der Waals surface area contributed by atoms with Gasteiger partial charge in [-0.15, -0.1) is 0 Å². The van der Waals surface area contributed by atoms with Crippen molar-refractivity contribution in [1.29, 1.82) is 0 Å². The van der Waals surface area contributed by atoms with Gasteiger partial charge in [0.1, 0.15) is 6.42 Å². The summed E-state index contributed by atoms with van der Waals surface area (Å²) in [5, 5.41) is 6.42. The number of carbonyl (C=O) groups is 2. The predicted molar refractivity (Wildman–Crippen MR) is 72.4 cm³/mol. The van der Waals surface area contributed by atoms with Gasteiger partial charge in [-0.3, -0.25) is 14.6 Å². The highest BCUT2D eigenvalue weighted by Gasteiger charge is 2.08. The van der Waals surface area contributed by atoms with Crippen molar-refractivity contribution in [1.82, 2.24) is 15.7 Å². The van der Waals surface area contributed by atoms with Gasteiger partial charge in [0.15, 0.2) is 0 Å². The van der Waals surface area contributed by atoms with E-state index in [2.05, 4.69) is 20.8 Å². The van der Waals surface area contributed by atoms with Crippen molar-refractivity contribution in [2.45, 2.75) is 20.3 Å². The van der Waals surface area contributed by atoms with Crippen LogP contribution >= 0.6 is 0 Å². The third-order valence-electron chi connectivity index (χ3n) is 2.14. The number of hydrogen-bond acceptors (Lipinski definition) is 4. The Hall–Kier alpha value is -2.24. The lowest BCUT2D eigenvalue weighted by Gasteiger charge is -2.06. The smallest absolute Gasteiger partial charge is 0.249 e. The molecule has 0 aliphatic rings. The monoisotopic (exact) mass is 262 g/mol. The quantitative estimate of drug-likeness (QED) is 0.449. The van der Waals surface area contributed by atoms with E-state index in [-0.39, 0.29) is 12.3 Å². The summed E-state index contributed by atoms with van der Waals surface area (Å²) in [5.41, 5.74) is 3.12. The van der Waals surface area contributed by atoms with Gasteiger partial charge in [0.25, 0.3) is 0 Å². The molecule has 0 spiro atoms. The summed E-state index contributed by atoms with van der Waals surface area (Å²) in [7, 11) is 0. The maximum Gasteiger partial charge on any atom is 0.249 e. The Labute approximate surface area is 112 Å². The highest BCUT2D eigenvalue weighted by Crippen LogP contribution is 1.91. The average molecular weight is 262 g/mol. The minimum Gasteiger partial charge on any atom is -0.355 e. The lowest BCUT2D eigenvalue weighted by atomic mass is 10.2. The molecule has 0 atom stereocenters. The van der Waals surface area contributed by atoms with Gasteiger partial charge in [-0.05, 0) is 23.6 Å². The fourth-order valence-corrected chi connectivity index (χ4v) is 1.19. The molecule has 102 valence electrons. The molecule has 0 saturated heterocycles. The van der Waals surface area contributed by atoms with Gasteiger partial charge in [0.2, 0.25) is 11.8 Å². The SMILES string of the molecule is CC(C)CNC(=O)CC(=O)N/N=C\c1ccncc1. The number of carbonyl (C=O) groups excluding carboxylic acids is 2. The molecule has 0 unspecified atom stereocenters. The van der Waals surface area contributed by atoms with Crippen LogP contribution in [0.5, 0.6) is 0 Å². The lowest BCUT2D eigenvalue weighted by Crippen LogP contribution is -2.32. The van der Waals surface area contributed by atoms with Crippen LogP contribution in [0.25, 0.3) is 0 Å². The second-order valence-corrected chi connectivity index (χ2v) is 4.45. The van der Waals surface area contributed by atoms with Crippen molar-refractivity contribution in [3.8, 4) is 0 Å². The van der Waals surface area contributed by atoms with E-state index in [9.17, 15) is 9.59 Å². The molecule has 0 fully saturated rings. The number of nitrogens with one attached hydrogen (secondary N) is 2. The number of rotatable bonds is 6. The van der Waals surface area contributed by atoms with Crippen LogP contribution in [-0.4, -0.2) is 29.6 Å². The summed E-state index contributed by atoms with van der Waals surface area (Å²) in [5.74, 6) is -0.381. The summed E-state index contributed by atoms with van der Waals surface area (Å²) in [6.07, 6.45) is 4.52. The minimum absolute atomic E-state index is 0.222. The molecule has 1 aromatic heterocycles. The maximum atomic E-state index is 11.4. The summed E-state index contributed by atoms with van der Waals surface area (Å²) in [6.45, 7) is 4.53. The molecule has 6 nitrogen and oxygen atoms in total. The summed E-state index contributed by atoms with van der Waals surface area (Å²) in [6, 6.07) is 3.51. The van der Waals surface area contributed by atoms with Crippen molar-refractivity contribution in [2.24, 2.45) is 11.0 Å². The Morgan fingerprint density at radius 3 is 2.63 bits per heavy atom. The normalized spacial score (nSPS) is 10.7. The molecule has 0 bridgehead atoms. The first-order chi connectivity index (χ1) is 9.08. The van der Waals surface area contributed by atoms with Crippen LogP contribution in [0, 0.1) is 5.92 Å². The zero-order valence-corrected chi connectivity index (χ0v) is 11.1. The van der Waals surface area contributed by atoms with Gasteiger partial charge >= 0.3 is 0 Å². The van der Waals surface area contributed by atoms with Crippen LogP contribution in [-0.2, 0) is 9.59 Å². The molecule has 19 heavy (non-hydrogen) atoms. The molecular weight excluding hydrogens is 244 g/mol. The Morgan fingerprint density at radius 1 is 1.32 bits per heavy atom. The molecule has 0 aliphatic carbocycles. The zero-order valence-electron chi connectivity index (χ0n) is 11.1. The Bertz CT molecular complexity index is 443. The van der Waals surface area contributed by atoms with E-state index in [4.69, 9.17) is 0 Å². The molecule has 0 aromatic carbocycles. The molecule has 2 amide bonds. The molecule has 1 rings (SSSR count). The Morgan fingerprint density at radius 2 is 2.00 bits per heavy atom. The maximum absolute atomic E-state index is 11.4. The Kier molecular flexibility index (Phi) is 6.21. The van der Waals surface area contributed by atoms with Crippen LogP contribution in [0.2, 0.25) is 0 Å². The van der Waals surface area contributed by atoms with Gasteiger partial charge in [-0.2, -0.15) is 5.10 Å². The van der Waals surface area contributed by atoms with Gasteiger partial charge < -0.3 is 5.32 Å². The first-order valence-electron chi connectivity index (χ1n) is 6.06. The number of aromatic nitrogens is 1. The average Bonchev–Trinajstić information content (AvgIpc) is 2.37. The van der Waals surface area contributed by atoms with Crippen molar-refractivity contribution < 1.29 is 9.59 Å². The zero-order chi connectivity index (χ0) is 14.1. The van der Waals surface area contributed by atoms with Crippen LogP contribution in [0.1, 0.15) is 25.8 Å². The van der Waals surface area contributed by atoms with Crippen LogP contribution in [0.4, 0.5) is 0 Å². The summed E-state index contributed by atoms with van der Waals surface area (Å²) < 4.78 is 0. The molecular formula is C13H18N4O2. The number of pyridine rings is 1.